The van der Waals surface area contributed by atoms with Crippen molar-refractivity contribution in [3.05, 3.63) is 35.4 Å². The van der Waals surface area contributed by atoms with Crippen molar-refractivity contribution < 1.29 is 9.69 Å². The van der Waals surface area contributed by atoms with Crippen molar-refractivity contribution in [3.8, 4) is 0 Å². The predicted molar refractivity (Wildman–Crippen MR) is 87.1 cm³/mol. The third-order valence-corrected chi connectivity index (χ3v) is 5.96. The van der Waals surface area contributed by atoms with Crippen LogP contribution in [-0.2, 0) is 0 Å². The lowest BCUT2D eigenvalue weighted by atomic mass is 9.81. The molecule has 4 rings (SSSR count). The van der Waals surface area contributed by atoms with Crippen molar-refractivity contribution in [2.45, 2.75) is 76.0 Å². The molecule has 1 aromatic rings. The number of fused-ring (bicyclic) bond motifs is 2. The number of benzene rings is 1. The summed E-state index contributed by atoms with van der Waals surface area (Å²) in [6.07, 6.45) is 9.34. The lowest BCUT2D eigenvalue weighted by Crippen LogP contribution is -3.22. The molecule has 2 saturated heterocycles. The number of quaternary nitrogens is 1. The fourth-order valence-electron chi connectivity index (χ4n) is 4.86. The topological polar surface area (TPSA) is 33.5 Å². The normalized spacial score (nSPS) is 34.2. The first-order valence-corrected chi connectivity index (χ1v) is 8.95. The first-order valence-electron chi connectivity index (χ1n) is 8.95. The Bertz CT molecular complexity index is 552. The van der Waals surface area contributed by atoms with E-state index in [9.17, 15) is 4.79 Å². The van der Waals surface area contributed by atoms with Gasteiger partial charge in [-0.1, -0.05) is 18.2 Å². The van der Waals surface area contributed by atoms with Gasteiger partial charge in [-0.2, -0.15) is 0 Å². The molecule has 1 saturated carbocycles. The zero-order chi connectivity index (χ0) is 15.1. The lowest BCUT2D eigenvalue weighted by molar-refractivity contribution is -0.971. The summed E-state index contributed by atoms with van der Waals surface area (Å²) in [6.45, 7) is 2.02. The van der Waals surface area contributed by atoms with Gasteiger partial charge in [0.1, 0.15) is 0 Å². The molecule has 1 amide bonds. The maximum absolute atomic E-state index is 12.6. The highest BCUT2D eigenvalue weighted by molar-refractivity contribution is 5.95. The predicted octanol–water partition coefficient (Wildman–Crippen LogP) is 1.86. The fraction of sp³-hybridized carbons (Fsp3) is 0.632. The second kappa shape index (κ2) is 5.69. The highest BCUT2D eigenvalue weighted by Gasteiger charge is 2.48. The molecule has 1 aromatic carbocycles. The maximum atomic E-state index is 12.6. The van der Waals surface area contributed by atoms with Gasteiger partial charge in [-0.3, -0.25) is 4.79 Å². The number of hydrogen-bond donors (Lipinski definition) is 2. The van der Waals surface area contributed by atoms with Gasteiger partial charge < -0.3 is 10.2 Å². The molecular formula is C19H27N2O+. The van der Waals surface area contributed by atoms with E-state index in [-0.39, 0.29) is 5.91 Å². The van der Waals surface area contributed by atoms with E-state index in [4.69, 9.17) is 0 Å². The van der Waals surface area contributed by atoms with Crippen molar-refractivity contribution >= 4 is 5.91 Å². The van der Waals surface area contributed by atoms with Crippen LogP contribution < -0.4 is 10.2 Å². The summed E-state index contributed by atoms with van der Waals surface area (Å²) in [5.41, 5.74) is 1.91. The van der Waals surface area contributed by atoms with Gasteiger partial charge in [0.15, 0.2) is 0 Å². The summed E-state index contributed by atoms with van der Waals surface area (Å²) in [7, 11) is 0. The molecule has 0 spiro atoms. The quantitative estimate of drug-likeness (QED) is 0.877. The van der Waals surface area contributed by atoms with Crippen LogP contribution in [0.2, 0.25) is 0 Å². The van der Waals surface area contributed by atoms with E-state index < -0.39 is 0 Å². The van der Waals surface area contributed by atoms with Crippen molar-refractivity contribution in [2.75, 3.05) is 0 Å². The number of carbonyl (C=O) groups is 1. The van der Waals surface area contributed by atoms with Crippen molar-refractivity contribution in [2.24, 2.45) is 0 Å². The van der Waals surface area contributed by atoms with Crippen LogP contribution in [0, 0.1) is 6.92 Å². The monoisotopic (exact) mass is 299 g/mol. The molecular weight excluding hydrogens is 272 g/mol. The number of piperidine rings is 2. The molecule has 2 heterocycles. The third kappa shape index (κ3) is 2.67. The molecule has 2 N–H and O–H groups in total. The Labute approximate surface area is 133 Å². The average molecular weight is 299 g/mol. The minimum absolute atomic E-state index is 0.121. The minimum atomic E-state index is 0.121. The molecule has 0 radical (unpaired) electrons. The third-order valence-electron chi connectivity index (χ3n) is 5.96. The number of amides is 1. The lowest BCUT2D eigenvalue weighted by Gasteiger charge is -2.46. The van der Waals surface area contributed by atoms with E-state index in [1.165, 1.54) is 44.9 Å². The van der Waals surface area contributed by atoms with E-state index in [0.29, 0.717) is 6.04 Å². The second-order valence-corrected chi connectivity index (χ2v) is 7.56. The Kier molecular flexibility index (Phi) is 3.69. The molecule has 1 aliphatic carbocycles. The molecule has 3 aliphatic rings. The molecule has 4 atom stereocenters. The minimum Gasteiger partial charge on any atom is -0.349 e. The Morgan fingerprint density at radius 2 is 1.73 bits per heavy atom. The molecule has 2 bridgehead atoms. The molecule has 118 valence electrons. The number of aryl methyl sites for hydroxylation is 1. The first kappa shape index (κ1) is 14.3. The van der Waals surface area contributed by atoms with Gasteiger partial charge in [0.25, 0.3) is 5.91 Å². The van der Waals surface area contributed by atoms with Crippen LogP contribution in [0.4, 0.5) is 0 Å². The standard InChI is InChI=1S/C19H26N2O/c1-13-5-2-3-8-18(13)19(22)20-14-11-16-6-4-7-17(12-14)21(16)15-9-10-15/h2-3,5,8,14-17H,4,6-7,9-12H2,1H3,(H,20,22)/p+1/t14?,16-,17+. The van der Waals surface area contributed by atoms with Gasteiger partial charge in [0.2, 0.25) is 0 Å². The molecule has 0 aromatic heterocycles. The van der Waals surface area contributed by atoms with Crippen molar-refractivity contribution in [3.63, 3.8) is 0 Å². The number of hydrogen-bond acceptors (Lipinski definition) is 1. The molecule has 2 aliphatic heterocycles. The molecule has 3 heteroatoms. The summed E-state index contributed by atoms with van der Waals surface area (Å²) in [4.78, 5) is 14.5. The van der Waals surface area contributed by atoms with Gasteiger partial charge in [-0.05, 0) is 37.8 Å². The van der Waals surface area contributed by atoms with Crippen molar-refractivity contribution in [1.82, 2.24) is 5.32 Å². The SMILES string of the molecule is Cc1ccccc1C(=O)NC1C[C@H]2CCC[C@@H](C1)[NH+]2C1CC1. The van der Waals surface area contributed by atoms with Crippen LogP contribution in [0.3, 0.4) is 0 Å². The zero-order valence-corrected chi connectivity index (χ0v) is 13.5. The van der Waals surface area contributed by atoms with Gasteiger partial charge in [0.05, 0.1) is 18.1 Å². The number of rotatable bonds is 3. The van der Waals surface area contributed by atoms with Gasteiger partial charge in [-0.15, -0.1) is 0 Å². The van der Waals surface area contributed by atoms with E-state index >= 15 is 0 Å². The van der Waals surface area contributed by atoms with E-state index in [1.807, 2.05) is 36.1 Å². The van der Waals surface area contributed by atoms with E-state index in [1.54, 1.807) is 0 Å². The fourth-order valence-corrected chi connectivity index (χ4v) is 4.86. The molecule has 22 heavy (non-hydrogen) atoms. The average Bonchev–Trinajstić information content (AvgIpc) is 3.31. The first-order chi connectivity index (χ1) is 10.7. The Balaban J connectivity index is 1.44. The van der Waals surface area contributed by atoms with Crippen LogP contribution in [0.1, 0.15) is 60.9 Å². The molecule has 3 fully saturated rings. The second-order valence-electron chi connectivity index (χ2n) is 7.56. The summed E-state index contributed by atoms with van der Waals surface area (Å²) in [6, 6.07) is 10.8. The summed E-state index contributed by atoms with van der Waals surface area (Å²) in [5, 5.41) is 3.33. The van der Waals surface area contributed by atoms with Crippen LogP contribution in [0.25, 0.3) is 0 Å². The van der Waals surface area contributed by atoms with Crippen LogP contribution in [-0.4, -0.2) is 30.1 Å². The highest BCUT2D eigenvalue weighted by atomic mass is 16.1. The van der Waals surface area contributed by atoms with Gasteiger partial charge in [-0.25, -0.2) is 0 Å². The molecule has 3 nitrogen and oxygen atoms in total. The Hall–Kier alpha value is -1.35. The molecule has 2 unspecified atom stereocenters. The van der Waals surface area contributed by atoms with Crippen LogP contribution in [0.5, 0.6) is 0 Å². The summed E-state index contributed by atoms with van der Waals surface area (Å²) < 4.78 is 0. The van der Waals surface area contributed by atoms with E-state index in [2.05, 4.69) is 5.32 Å². The number of nitrogens with one attached hydrogen (secondary N) is 2. The van der Waals surface area contributed by atoms with E-state index in [0.717, 1.165) is 29.3 Å². The largest absolute Gasteiger partial charge is 0.349 e. The number of carbonyl (C=O) groups excluding carboxylic acids is 1. The Morgan fingerprint density at radius 3 is 2.36 bits per heavy atom. The van der Waals surface area contributed by atoms with Gasteiger partial charge >= 0.3 is 0 Å². The highest BCUT2D eigenvalue weighted by Crippen LogP contribution is 2.27. The van der Waals surface area contributed by atoms with Crippen LogP contribution >= 0.6 is 0 Å². The smallest absolute Gasteiger partial charge is 0.251 e. The zero-order valence-electron chi connectivity index (χ0n) is 13.5. The van der Waals surface area contributed by atoms with Gasteiger partial charge in [0, 0.05) is 37.3 Å². The summed E-state index contributed by atoms with van der Waals surface area (Å²) >= 11 is 0. The van der Waals surface area contributed by atoms with Crippen molar-refractivity contribution in [1.29, 1.82) is 0 Å². The summed E-state index contributed by atoms with van der Waals surface area (Å²) in [5.74, 6) is 0.121. The van der Waals surface area contributed by atoms with Crippen LogP contribution in [0.15, 0.2) is 24.3 Å². The maximum Gasteiger partial charge on any atom is 0.251 e. The Morgan fingerprint density at radius 1 is 1.05 bits per heavy atom.